The fourth-order valence-corrected chi connectivity index (χ4v) is 4.24. The number of nitrogens with one attached hydrogen (secondary N) is 1. The summed E-state index contributed by atoms with van der Waals surface area (Å²) < 4.78 is 16.7. The van der Waals surface area contributed by atoms with Gasteiger partial charge in [0.25, 0.3) is 0 Å². The predicted octanol–water partition coefficient (Wildman–Crippen LogP) is 2.80. The van der Waals surface area contributed by atoms with Crippen molar-refractivity contribution in [3.63, 3.8) is 0 Å². The second kappa shape index (κ2) is 8.63. The van der Waals surface area contributed by atoms with E-state index in [2.05, 4.69) is 27.7 Å². The molecule has 0 amide bonds. The topological polar surface area (TPSA) is 72.3 Å². The minimum atomic E-state index is -0.205. The zero-order chi connectivity index (χ0) is 22.1. The van der Waals surface area contributed by atoms with Crippen LogP contribution in [-0.4, -0.2) is 25.7 Å². The highest BCUT2D eigenvalue weighted by molar-refractivity contribution is 6.15. The summed E-state index contributed by atoms with van der Waals surface area (Å²) in [4.78, 5) is 14.3. The molecule has 6 nitrogen and oxygen atoms in total. The van der Waals surface area contributed by atoms with Crippen LogP contribution in [0.4, 0.5) is 0 Å². The highest BCUT2D eigenvalue weighted by Gasteiger charge is 2.31. The molecule has 0 aromatic heterocycles. The lowest BCUT2D eigenvalue weighted by molar-refractivity contribution is -0.919. The Bertz CT molecular complexity index is 1010. The number of hydrogen-bond donors (Lipinski definition) is 1. The highest BCUT2D eigenvalue weighted by Crippen LogP contribution is 2.39. The summed E-state index contributed by atoms with van der Waals surface area (Å²) in [7, 11) is 0. The van der Waals surface area contributed by atoms with E-state index < -0.39 is 0 Å². The summed E-state index contributed by atoms with van der Waals surface area (Å²) in [5.41, 5.74) is 1.81. The van der Waals surface area contributed by atoms with Gasteiger partial charge < -0.3 is 24.2 Å². The van der Waals surface area contributed by atoms with Crippen molar-refractivity contribution < 1.29 is 29.0 Å². The van der Waals surface area contributed by atoms with Gasteiger partial charge in [0.15, 0.2) is 17.3 Å². The van der Waals surface area contributed by atoms with E-state index in [1.54, 1.807) is 12.1 Å². The maximum absolute atomic E-state index is 13.0. The van der Waals surface area contributed by atoms with Crippen molar-refractivity contribution in [1.29, 1.82) is 0 Å². The van der Waals surface area contributed by atoms with Crippen molar-refractivity contribution >= 4 is 11.9 Å². The summed E-state index contributed by atoms with van der Waals surface area (Å²) in [5.74, 6) is 2.67. The van der Waals surface area contributed by atoms with Gasteiger partial charge in [-0.1, -0.05) is 45.6 Å². The first kappa shape index (κ1) is 21.2. The van der Waals surface area contributed by atoms with Gasteiger partial charge in [0.2, 0.25) is 12.6 Å². The minimum Gasteiger partial charge on any atom is -0.872 e. The maximum atomic E-state index is 13.0. The Hall–Kier alpha value is -2.99. The van der Waals surface area contributed by atoms with Crippen molar-refractivity contribution in [2.75, 3.05) is 19.9 Å². The quantitative estimate of drug-likeness (QED) is 0.694. The lowest BCUT2D eigenvalue weighted by Gasteiger charge is -2.26. The molecule has 1 N–H and O–H groups in total. The molecule has 0 unspecified atom stereocenters. The average Bonchev–Trinajstić information content (AvgIpc) is 3.28. The maximum Gasteiger partial charge on any atom is 0.231 e. The fraction of sp³-hybridized carbons (Fsp3) is 0.400. The summed E-state index contributed by atoms with van der Waals surface area (Å²) in [6, 6.07) is 8.53. The molecule has 2 aliphatic heterocycles. The predicted molar refractivity (Wildman–Crippen MR) is 115 cm³/mol. The molecule has 164 valence electrons. The van der Waals surface area contributed by atoms with Gasteiger partial charge in [-0.2, -0.15) is 0 Å². The number of Topliss-reactive ketones (excluding diaryl/α,β-unsaturated/α-hetero) is 1. The number of ketones is 1. The Morgan fingerprint density at radius 1 is 1.03 bits per heavy atom. The van der Waals surface area contributed by atoms with Crippen molar-refractivity contribution in [2.45, 2.75) is 34.2 Å². The van der Waals surface area contributed by atoms with Gasteiger partial charge in [0, 0.05) is 17.4 Å². The molecule has 0 spiro atoms. The Kier molecular flexibility index (Phi) is 5.92. The van der Waals surface area contributed by atoms with Crippen LogP contribution in [0, 0.1) is 11.8 Å². The third-order valence-electron chi connectivity index (χ3n) is 5.41. The fourth-order valence-electron chi connectivity index (χ4n) is 4.24. The van der Waals surface area contributed by atoms with Crippen molar-refractivity contribution in [2.24, 2.45) is 11.8 Å². The molecule has 2 heterocycles. The molecule has 0 radical (unpaired) electrons. The highest BCUT2D eigenvalue weighted by atomic mass is 16.7. The number of ether oxygens (including phenoxy) is 3. The standard InChI is InChI=1S/C25H29NO5/c1-15(2)11-26(12-16(3)4)13-19-20(27)7-6-18-24(28)23(31-25(18)19)10-17-5-8-21-22(9-17)30-14-29-21/h5-10,15-16,27H,11-14H2,1-4H3/b23-10-. The number of quaternary nitrogens is 1. The van der Waals surface area contributed by atoms with Gasteiger partial charge in [-0.15, -0.1) is 0 Å². The van der Waals surface area contributed by atoms with Crippen LogP contribution in [-0.2, 0) is 6.54 Å². The summed E-state index contributed by atoms with van der Waals surface area (Å²) >= 11 is 0. The molecule has 0 aliphatic carbocycles. The monoisotopic (exact) mass is 423 g/mol. The molecular weight excluding hydrogens is 394 g/mol. The summed E-state index contributed by atoms with van der Waals surface area (Å²) in [6.45, 7) is 11.4. The first-order valence-corrected chi connectivity index (χ1v) is 10.8. The van der Waals surface area contributed by atoms with E-state index in [4.69, 9.17) is 14.2 Å². The molecule has 2 aromatic carbocycles. The van der Waals surface area contributed by atoms with Crippen LogP contribution in [0.2, 0.25) is 0 Å². The van der Waals surface area contributed by atoms with Crippen molar-refractivity contribution in [3.8, 4) is 23.0 Å². The van der Waals surface area contributed by atoms with Crippen LogP contribution in [0.25, 0.3) is 6.08 Å². The minimum absolute atomic E-state index is 0.0825. The van der Waals surface area contributed by atoms with Crippen LogP contribution in [0.5, 0.6) is 23.0 Å². The smallest absolute Gasteiger partial charge is 0.231 e. The van der Waals surface area contributed by atoms with E-state index in [1.165, 1.54) is 11.0 Å². The van der Waals surface area contributed by atoms with E-state index in [0.717, 1.165) is 18.7 Å². The number of carbonyl (C=O) groups excluding carboxylic acids is 1. The molecule has 4 rings (SSSR count). The van der Waals surface area contributed by atoms with Crippen LogP contribution in [0.3, 0.4) is 0 Å². The molecular formula is C25H29NO5. The number of fused-ring (bicyclic) bond motifs is 2. The van der Waals surface area contributed by atoms with Gasteiger partial charge >= 0.3 is 0 Å². The average molecular weight is 424 g/mol. The summed E-state index contributed by atoms with van der Waals surface area (Å²) in [6.07, 6.45) is 1.69. The number of rotatable bonds is 7. The van der Waals surface area contributed by atoms with E-state index in [1.807, 2.05) is 18.2 Å². The molecule has 2 aliphatic rings. The molecule has 31 heavy (non-hydrogen) atoms. The summed E-state index contributed by atoms with van der Waals surface area (Å²) in [5, 5.41) is 12.7. The van der Waals surface area contributed by atoms with Gasteiger partial charge in [-0.25, -0.2) is 0 Å². The number of carbonyl (C=O) groups is 1. The molecule has 0 atom stereocenters. The second-order valence-electron chi connectivity index (χ2n) is 9.09. The first-order valence-electron chi connectivity index (χ1n) is 10.8. The van der Waals surface area contributed by atoms with Crippen LogP contribution in [0.15, 0.2) is 36.1 Å². The molecule has 2 aromatic rings. The lowest BCUT2D eigenvalue weighted by Crippen LogP contribution is -3.11. The second-order valence-corrected chi connectivity index (χ2v) is 9.09. The number of benzene rings is 2. The van der Waals surface area contributed by atoms with Crippen LogP contribution >= 0.6 is 0 Å². The number of allylic oxidation sites excluding steroid dienone is 1. The Morgan fingerprint density at radius 3 is 2.45 bits per heavy atom. The van der Waals surface area contributed by atoms with Crippen molar-refractivity contribution in [1.82, 2.24) is 0 Å². The largest absolute Gasteiger partial charge is 0.872 e. The lowest BCUT2D eigenvalue weighted by atomic mass is 10.0. The van der Waals surface area contributed by atoms with Gasteiger partial charge in [0.05, 0.1) is 18.7 Å². The third-order valence-corrected chi connectivity index (χ3v) is 5.41. The Labute approximate surface area is 183 Å². The normalized spacial score (nSPS) is 16.0. The zero-order valence-corrected chi connectivity index (χ0v) is 18.5. The molecule has 0 bridgehead atoms. The Balaban J connectivity index is 1.63. The van der Waals surface area contributed by atoms with Crippen molar-refractivity contribution in [3.05, 3.63) is 52.8 Å². The Morgan fingerprint density at radius 2 is 1.74 bits per heavy atom. The SMILES string of the molecule is CC(C)C[NH+](Cc1c([O-])ccc2c1O/C(=C\c1ccc3c(c1)OCO3)C2=O)CC(C)C. The number of hydrogen-bond acceptors (Lipinski definition) is 5. The van der Waals surface area contributed by atoms with Gasteiger partial charge in [-0.05, 0) is 29.8 Å². The third kappa shape index (κ3) is 4.54. The zero-order valence-electron chi connectivity index (χ0n) is 18.5. The molecule has 0 fully saturated rings. The molecule has 0 saturated heterocycles. The molecule has 6 heteroatoms. The first-order chi connectivity index (χ1) is 14.8. The van der Waals surface area contributed by atoms with Crippen LogP contribution < -0.4 is 24.2 Å². The van der Waals surface area contributed by atoms with E-state index >= 15 is 0 Å². The van der Waals surface area contributed by atoms with Crippen LogP contribution in [0.1, 0.15) is 49.2 Å². The van der Waals surface area contributed by atoms with Gasteiger partial charge in [0.1, 0.15) is 12.3 Å². The molecule has 0 saturated carbocycles. The van der Waals surface area contributed by atoms with E-state index in [9.17, 15) is 9.90 Å². The van der Waals surface area contributed by atoms with Gasteiger partial charge in [-0.3, -0.25) is 4.79 Å². The van der Waals surface area contributed by atoms with E-state index in [-0.39, 0.29) is 24.1 Å². The van der Waals surface area contributed by atoms with E-state index in [0.29, 0.717) is 46.8 Å².